The summed E-state index contributed by atoms with van der Waals surface area (Å²) in [4.78, 5) is 27.7. The van der Waals surface area contributed by atoms with Crippen LogP contribution in [0.3, 0.4) is 0 Å². The van der Waals surface area contributed by atoms with Gasteiger partial charge in [-0.1, -0.05) is 65.3 Å². The molecule has 170 valence electrons. The maximum Gasteiger partial charge on any atom is 0.184 e. The van der Waals surface area contributed by atoms with Crippen LogP contribution in [0.2, 0.25) is 0 Å². The molecule has 0 spiro atoms. The molecule has 0 bridgehead atoms. The molecule has 1 aromatic carbocycles. The second-order valence-electron chi connectivity index (χ2n) is 9.11. The Bertz CT molecular complexity index is 1010. The lowest BCUT2D eigenvalue weighted by atomic mass is 9.64. The first-order valence-electron chi connectivity index (χ1n) is 10.9. The van der Waals surface area contributed by atoms with Gasteiger partial charge in [-0.05, 0) is 60.8 Å². The van der Waals surface area contributed by atoms with Gasteiger partial charge in [-0.25, -0.2) is 0 Å². The van der Waals surface area contributed by atoms with E-state index in [1.807, 2.05) is 59.8 Å². The summed E-state index contributed by atoms with van der Waals surface area (Å²) in [5.74, 6) is -1.66. The van der Waals surface area contributed by atoms with Crippen LogP contribution in [0.1, 0.15) is 66.4 Å². The van der Waals surface area contributed by atoms with Gasteiger partial charge >= 0.3 is 0 Å². The number of aliphatic hydroxyl groups is 2. The van der Waals surface area contributed by atoms with E-state index in [9.17, 15) is 19.8 Å². The predicted octanol–water partition coefficient (Wildman–Crippen LogP) is 6.97. The Morgan fingerprint density at radius 3 is 1.78 bits per heavy atom. The molecule has 2 N–H and O–H groups in total. The van der Waals surface area contributed by atoms with Gasteiger partial charge in [0.1, 0.15) is 22.5 Å². The number of aliphatic hydroxyl groups excluding tert-OH is 2. The molecule has 0 heterocycles. The Balaban J connectivity index is 2.87. The van der Waals surface area contributed by atoms with E-state index < -0.39 is 17.0 Å². The number of benzene rings is 1. The zero-order valence-electron chi connectivity index (χ0n) is 20.0. The van der Waals surface area contributed by atoms with E-state index in [4.69, 9.17) is 0 Å². The summed E-state index contributed by atoms with van der Waals surface area (Å²) in [6, 6.07) is 8.63. The summed E-state index contributed by atoms with van der Waals surface area (Å²) in [7, 11) is 0. The van der Waals surface area contributed by atoms with Crippen molar-refractivity contribution < 1.29 is 19.8 Å². The van der Waals surface area contributed by atoms with Crippen LogP contribution in [0.4, 0.5) is 0 Å². The number of Topliss-reactive ketones (excluding diaryl/α,β-unsaturated/α-hetero) is 2. The largest absolute Gasteiger partial charge is 0.507 e. The number of ketones is 2. The highest BCUT2D eigenvalue weighted by Gasteiger charge is 2.52. The van der Waals surface area contributed by atoms with E-state index in [0.717, 1.165) is 16.7 Å². The second-order valence-corrected chi connectivity index (χ2v) is 9.11. The Kier molecular flexibility index (Phi) is 8.20. The van der Waals surface area contributed by atoms with E-state index in [0.29, 0.717) is 5.56 Å². The van der Waals surface area contributed by atoms with Crippen molar-refractivity contribution in [1.82, 2.24) is 0 Å². The molecule has 0 aliphatic heterocycles. The number of rotatable bonds is 7. The number of carbonyl (C=O) groups is 2. The Morgan fingerprint density at radius 1 is 0.812 bits per heavy atom. The second kappa shape index (κ2) is 10.4. The molecule has 4 heteroatoms. The SMILES string of the molecule is CC(C)=CCC1=C(O)/C(=C(\O)c2ccccc2)C(=O)C(CC=C(C)C)(CC=C(C)C)C1=O. The lowest BCUT2D eigenvalue weighted by Gasteiger charge is -2.35. The van der Waals surface area contributed by atoms with Crippen LogP contribution in [0, 0.1) is 5.41 Å². The predicted molar refractivity (Wildman–Crippen MR) is 130 cm³/mol. The van der Waals surface area contributed by atoms with Crippen LogP contribution in [0.5, 0.6) is 0 Å². The highest BCUT2D eigenvalue weighted by Crippen LogP contribution is 2.45. The summed E-state index contributed by atoms with van der Waals surface area (Å²) < 4.78 is 0. The zero-order chi connectivity index (χ0) is 24.1. The monoisotopic (exact) mass is 434 g/mol. The fourth-order valence-corrected chi connectivity index (χ4v) is 3.66. The Morgan fingerprint density at radius 2 is 1.31 bits per heavy atom. The first kappa shape index (κ1) is 25.1. The van der Waals surface area contributed by atoms with Gasteiger partial charge in [-0.15, -0.1) is 0 Å². The van der Waals surface area contributed by atoms with Gasteiger partial charge in [0.2, 0.25) is 0 Å². The van der Waals surface area contributed by atoms with Gasteiger partial charge in [0.15, 0.2) is 11.6 Å². The van der Waals surface area contributed by atoms with Crippen LogP contribution < -0.4 is 0 Å². The van der Waals surface area contributed by atoms with Gasteiger partial charge in [0.05, 0.1) is 0 Å². The first-order valence-corrected chi connectivity index (χ1v) is 10.9. The molecule has 0 atom stereocenters. The average molecular weight is 435 g/mol. The average Bonchev–Trinajstić information content (AvgIpc) is 2.73. The molecule has 0 saturated carbocycles. The highest BCUT2D eigenvalue weighted by molar-refractivity contribution is 6.26. The molecule has 32 heavy (non-hydrogen) atoms. The fourth-order valence-electron chi connectivity index (χ4n) is 3.66. The van der Waals surface area contributed by atoms with Crippen molar-refractivity contribution in [1.29, 1.82) is 0 Å². The molecule has 2 rings (SSSR count). The van der Waals surface area contributed by atoms with Crippen LogP contribution in [-0.4, -0.2) is 21.8 Å². The van der Waals surface area contributed by atoms with Gasteiger partial charge in [-0.2, -0.15) is 0 Å². The molecule has 0 unspecified atom stereocenters. The molecular formula is C28H34O4. The number of hydrogen-bond donors (Lipinski definition) is 2. The Labute approximate surface area is 191 Å². The van der Waals surface area contributed by atoms with Gasteiger partial charge in [0, 0.05) is 11.1 Å². The molecule has 0 amide bonds. The number of hydrogen-bond acceptors (Lipinski definition) is 4. The minimum atomic E-state index is -1.41. The fraction of sp³-hybridized carbons (Fsp3) is 0.357. The van der Waals surface area contributed by atoms with Crippen LogP contribution in [0.25, 0.3) is 5.76 Å². The van der Waals surface area contributed by atoms with Crippen molar-refractivity contribution in [2.45, 2.75) is 60.8 Å². The smallest absolute Gasteiger partial charge is 0.184 e. The van der Waals surface area contributed by atoms with E-state index in [1.54, 1.807) is 30.3 Å². The van der Waals surface area contributed by atoms with E-state index >= 15 is 0 Å². The molecule has 0 aromatic heterocycles. The molecule has 1 aromatic rings. The summed E-state index contributed by atoms with van der Waals surface area (Å²) in [6.07, 6.45) is 6.21. The molecule has 0 radical (unpaired) electrons. The molecule has 0 saturated heterocycles. The maximum atomic E-state index is 13.9. The van der Waals surface area contributed by atoms with Gasteiger partial charge in [-0.3, -0.25) is 9.59 Å². The van der Waals surface area contributed by atoms with Crippen LogP contribution in [0.15, 0.2) is 82.2 Å². The van der Waals surface area contributed by atoms with Crippen molar-refractivity contribution in [2.75, 3.05) is 0 Å². The molecule has 0 fully saturated rings. The van der Waals surface area contributed by atoms with Crippen molar-refractivity contribution in [3.05, 3.63) is 87.7 Å². The molecular weight excluding hydrogens is 400 g/mol. The first-order chi connectivity index (χ1) is 15.0. The van der Waals surface area contributed by atoms with E-state index in [-0.39, 0.29) is 42.0 Å². The summed E-state index contributed by atoms with van der Waals surface area (Å²) in [6.45, 7) is 11.5. The third-order valence-electron chi connectivity index (χ3n) is 5.61. The highest BCUT2D eigenvalue weighted by atomic mass is 16.3. The van der Waals surface area contributed by atoms with Crippen molar-refractivity contribution in [3.63, 3.8) is 0 Å². The van der Waals surface area contributed by atoms with Crippen molar-refractivity contribution in [2.24, 2.45) is 5.41 Å². The van der Waals surface area contributed by atoms with Gasteiger partial charge < -0.3 is 10.2 Å². The summed E-state index contributed by atoms with van der Waals surface area (Å²) >= 11 is 0. The topological polar surface area (TPSA) is 74.6 Å². The Hall–Kier alpha value is -3.14. The van der Waals surface area contributed by atoms with Crippen molar-refractivity contribution >= 4 is 17.3 Å². The summed E-state index contributed by atoms with van der Waals surface area (Å²) in [5, 5.41) is 22.1. The standard InChI is InChI=1S/C28H34O4/c1-18(2)12-13-22-25(30)23(24(29)21-10-8-7-9-11-21)27(32)28(26(22)31,16-14-19(3)4)17-15-20(5)6/h7-12,14-15,29-30H,13,16-17H2,1-6H3/b24-23+. The summed E-state index contributed by atoms with van der Waals surface area (Å²) in [5.41, 5.74) is 1.95. The molecule has 1 aliphatic rings. The maximum absolute atomic E-state index is 13.9. The number of allylic oxidation sites excluding steroid dienone is 8. The lowest BCUT2D eigenvalue weighted by Crippen LogP contribution is -2.45. The third kappa shape index (κ3) is 5.37. The van der Waals surface area contributed by atoms with Crippen LogP contribution in [-0.2, 0) is 9.59 Å². The van der Waals surface area contributed by atoms with Gasteiger partial charge in [0.25, 0.3) is 0 Å². The zero-order valence-corrected chi connectivity index (χ0v) is 20.0. The third-order valence-corrected chi connectivity index (χ3v) is 5.61. The molecule has 1 aliphatic carbocycles. The van der Waals surface area contributed by atoms with Crippen LogP contribution >= 0.6 is 0 Å². The van der Waals surface area contributed by atoms with E-state index in [2.05, 4.69) is 0 Å². The quantitative estimate of drug-likeness (QED) is 0.210. The molecule has 4 nitrogen and oxygen atoms in total. The normalized spacial score (nSPS) is 17.1. The number of carbonyl (C=O) groups excluding carboxylic acids is 2. The lowest BCUT2D eigenvalue weighted by molar-refractivity contribution is -0.137. The van der Waals surface area contributed by atoms with E-state index in [1.165, 1.54) is 0 Å². The minimum Gasteiger partial charge on any atom is -0.507 e. The minimum absolute atomic E-state index is 0.160. The van der Waals surface area contributed by atoms with Crippen molar-refractivity contribution in [3.8, 4) is 0 Å².